The van der Waals surface area contributed by atoms with Crippen molar-refractivity contribution in [2.24, 2.45) is 22.4 Å². The number of carbonyl (C=O) groups excluding carboxylic acids is 1. The fourth-order valence-electron chi connectivity index (χ4n) is 3.78. The first-order valence-electron chi connectivity index (χ1n) is 7.76. The van der Waals surface area contributed by atoms with E-state index in [0.29, 0.717) is 5.92 Å². The minimum Gasteiger partial charge on any atom is -0.273 e. The van der Waals surface area contributed by atoms with Crippen molar-refractivity contribution in [2.75, 3.05) is 0 Å². The van der Waals surface area contributed by atoms with Gasteiger partial charge in [-0.15, -0.1) is 0 Å². The number of benzene rings is 1. The average molecular weight is 282 g/mol. The molecule has 0 bridgehead atoms. The molecule has 0 aromatic heterocycles. The predicted octanol–water partition coefficient (Wildman–Crippen LogP) is 3.63. The van der Waals surface area contributed by atoms with Gasteiger partial charge in [-0.2, -0.15) is 5.10 Å². The lowest BCUT2D eigenvalue weighted by atomic mass is 9.90. The van der Waals surface area contributed by atoms with Gasteiger partial charge in [0.25, 0.3) is 0 Å². The molecule has 0 aliphatic heterocycles. The van der Waals surface area contributed by atoms with Crippen LogP contribution < -0.4 is 5.43 Å². The maximum Gasteiger partial charge on any atom is 0.244 e. The number of fused-ring (bicyclic) bond motifs is 1. The van der Waals surface area contributed by atoms with E-state index in [9.17, 15) is 4.79 Å². The largest absolute Gasteiger partial charge is 0.273 e. The summed E-state index contributed by atoms with van der Waals surface area (Å²) in [7, 11) is 0. The number of allylic oxidation sites excluding steroid dienone is 1. The van der Waals surface area contributed by atoms with Gasteiger partial charge in [0.1, 0.15) is 0 Å². The second-order valence-corrected chi connectivity index (χ2v) is 6.36. The third kappa shape index (κ3) is 2.92. The number of hydrogen-bond donors (Lipinski definition) is 1. The molecule has 2 saturated carbocycles. The van der Waals surface area contributed by atoms with E-state index in [4.69, 9.17) is 0 Å². The highest BCUT2D eigenvalue weighted by atomic mass is 16.2. The molecule has 0 unspecified atom stereocenters. The molecule has 3 atom stereocenters. The molecule has 0 saturated heterocycles. The Morgan fingerprint density at radius 3 is 2.86 bits per heavy atom. The highest BCUT2D eigenvalue weighted by molar-refractivity contribution is 5.85. The number of nitrogens with one attached hydrogen (secondary N) is 1. The average Bonchev–Trinajstić information content (AvgIpc) is 3.13. The molecule has 1 amide bonds. The van der Waals surface area contributed by atoms with E-state index >= 15 is 0 Å². The van der Waals surface area contributed by atoms with Crippen molar-refractivity contribution in [3.8, 4) is 0 Å². The number of rotatable bonds is 4. The van der Waals surface area contributed by atoms with E-state index < -0.39 is 0 Å². The summed E-state index contributed by atoms with van der Waals surface area (Å²) in [5.41, 5.74) is 4.06. The molecule has 2 fully saturated rings. The minimum atomic E-state index is 0.0914. The maximum atomic E-state index is 12.2. The molecule has 2 aliphatic carbocycles. The zero-order valence-corrected chi connectivity index (χ0v) is 12.5. The number of nitrogens with zero attached hydrogens (tertiary/aromatic N) is 1. The second-order valence-electron chi connectivity index (χ2n) is 6.36. The Hall–Kier alpha value is -1.90. The highest BCUT2D eigenvalue weighted by Gasteiger charge is 2.64. The fourth-order valence-corrected chi connectivity index (χ4v) is 3.78. The van der Waals surface area contributed by atoms with Gasteiger partial charge in [-0.3, -0.25) is 4.79 Å². The Labute approximate surface area is 126 Å². The van der Waals surface area contributed by atoms with Gasteiger partial charge >= 0.3 is 0 Å². The van der Waals surface area contributed by atoms with Crippen LogP contribution in [-0.2, 0) is 4.79 Å². The molecule has 3 nitrogen and oxygen atoms in total. The number of hydrazone groups is 1. The SMILES string of the molecule is C[C@]12CCCC[C@H]1[C@@H]2C(=O)N/N=C\C=C\c1ccccc1. The van der Waals surface area contributed by atoms with Crippen LogP contribution in [0.25, 0.3) is 6.08 Å². The quantitative estimate of drug-likeness (QED) is 0.665. The summed E-state index contributed by atoms with van der Waals surface area (Å²) in [6.07, 6.45) is 10.4. The Kier molecular flexibility index (Phi) is 3.91. The lowest BCUT2D eigenvalue weighted by Crippen LogP contribution is -2.22. The van der Waals surface area contributed by atoms with E-state index in [1.165, 1.54) is 25.7 Å². The van der Waals surface area contributed by atoms with Crippen LogP contribution in [0.15, 0.2) is 41.5 Å². The first-order chi connectivity index (χ1) is 10.2. The van der Waals surface area contributed by atoms with Crippen LogP contribution in [0.4, 0.5) is 0 Å². The van der Waals surface area contributed by atoms with E-state index in [1.54, 1.807) is 6.21 Å². The van der Waals surface area contributed by atoms with Gasteiger partial charge in [-0.1, -0.05) is 56.2 Å². The van der Waals surface area contributed by atoms with Crippen LogP contribution in [0.1, 0.15) is 38.2 Å². The maximum absolute atomic E-state index is 12.2. The zero-order valence-electron chi connectivity index (χ0n) is 12.5. The van der Waals surface area contributed by atoms with Gasteiger partial charge < -0.3 is 0 Å². The van der Waals surface area contributed by atoms with Crippen molar-refractivity contribution < 1.29 is 4.79 Å². The molecule has 110 valence electrons. The molecule has 3 rings (SSSR count). The summed E-state index contributed by atoms with van der Waals surface area (Å²) in [6.45, 7) is 2.25. The summed E-state index contributed by atoms with van der Waals surface area (Å²) in [4.78, 5) is 12.2. The van der Waals surface area contributed by atoms with E-state index in [-0.39, 0.29) is 17.2 Å². The Balaban J connectivity index is 1.48. The summed E-state index contributed by atoms with van der Waals surface area (Å²) in [5.74, 6) is 0.852. The number of hydrogen-bond acceptors (Lipinski definition) is 2. The van der Waals surface area contributed by atoms with Crippen molar-refractivity contribution in [3.63, 3.8) is 0 Å². The zero-order chi connectivity index (χ0) is 14.7. The van der Waals surface area contributed by atoms with E-state index in [2.05, 4.69) is 17.5 Å². The third-order valence-corrected chi connectivity index (χ3v) is 5.04. The molecule has 2 aliphatic rings. The van der Waals surface area contributed by atoms with E-state index in [0.717, 1.165) is 5.56 Å². The van der Waals surface area contributed by atoms with E-state index in [1.807, 2.05) is 42.5 Å². The molecule has 0 spiro atoms. The van der Waals surface area contributed by atoms with Crippen LogP contribution in [0.2, 0.25) is 0 Å². The first-order valence-corrected chi connectivity index (χ1v) is 7.76. The summed E-state index contributed by atoms with van der Waals surface area (Å²) in [6, 6.07) is 10.0. The van der Waals surface area contributed by atoms with Gasteiger partial charge in [-0.25, -0.2) is 5.43 Å². The standard InChI is InChI=1S/C18H22N2O/c1-18-12-6-5-11-15(18)16(18)17(21)20-19-13-7-10-14-8-3-2-4-9-14/h2-4,7-10,13,15-16H,5-6,11-12H2,1H3,(H,20,21)/b10-7+,19-13-/t15-,16+,18-/m0/s1. The topological polar surface area (TPSA) is 41.5 Å². The molecule has 1 N–H and O–H groups in total. The van der Waals surface area contributed by atoms with Gasteiger partial charge in [0.05, 0.1) is 0 Å². The Morgan fingerprint density at radius 2 is 2.14 bits per heavy atom. The van der Waals surface area contributed by atoms with Crippen LogP contribution in [0.5, 0.6) is 0 Å². The first kappa shape index (κ1) is 14.1. The predicted molar refractivity (Wildman–Crippen MR) is 85.7 cm³/mol. The number of carbonyl (C=O) groups is 1. The monoisotopic (exact) mass is 282 g/mol. The van der Waals surface area contributed by atoms with Crippen molar-refractivity contribution in [1.82, 2.24) is 5.43 Å². The molecule has 3 heteroatoms. The normalized spacial score (nSPS) is 31.3. The van der Waals surface area contributed by atoms with Crippen molar-refractivity contribution >= 4 is 18.2 Å². The minimum absolute atomic E-state index is 0.0914. The molecule has 0 heterocycles. The van der Waals surface area contributed by atoms with Gasteiger partial charge in [0, 0.05) is 12.1 Å². The van der Waals surface area contributed by atoms with Crippen molar-refractivity contribution in [2.45, 2.75) is 32.6 Å². The highest BCUT2D eigenvalue weighted by Crippen LogP contribution is 2.66. The molecule has 21 heavy (non-hydrogen) atoms. The Bertz CT molecular complexity index is 564. The van der Waals surface area contributed by atoms with Crippen LogP contribution in [0, 0.1) is 17.3 Å². The smallest absolute Gasteiger partial charge is 0.244 e. The van der Waals surface area contributed by atoms with Gasteiger partial charge in [-0.05, 0) is 35.8 Å². The lowest BCUT2D eigenvalue weighted by molar-refractivity contribution is -0.123. The molecule has 0 radical (unpaired) electrons. The van der Waals surface area contributed by atoms with Gasteiger partial charge in [0.15, 0.2) is 0 Å². The van der Waals surface area contributed by atoms with Crippen LogP contribution in [-0.4, -0.2) is 12.1 Å². The van der Waals surface area contributed by atoms with Crippen LogP contribution in [0.3, 0.4) is 0 Å². The van der Waals surface area contributed by atoms with Crippen LogP contribution >= 0.6 is 0 Å². The number of amides is 1. The summed E-state index contributed by atoms with van der Waals surface area (Å²) >= 11 is 0. The lowest BCUT2D eigenvalue weighted by Gasteiger charge is -2.15. The summed E-state index contributed by atoms with van der Waals surface area (Å²) < 4.78 is 0. The molecular formula is C18H22N2O. The van der Waals surface area contributed by atoms with Crippen molar-refractivity contribution in [3.05, 3.63) is 42.0 Å². The molecular weight excluding hydrogens is 260 g/mol. The Morgan fingerprint density at radius 1 is 1.33 bits per heavy atom. The fraction of sp³-hybridized carbons (Fsp3) is 0.444. The molecule has 1 aromatic rings. The van der Waals surface area contributed by atoms with Crippen molar-refractivity contribution in [1.29, 1.82) is 0 Å². The third-order valence-electron chi connectivity index (χ3n) is 5.04. The second kappa shape index (κ2) is 5.84. The molecule has 1 aromatic carbocycles. The summed E-state index contributed by atoms with van der Waals surface area (Å²) in [5, 5.41) is 4.03. The van der Waals surface area contributed by atoms with Gasteiger partial charge in [0.2, 0.25) is 5.91 Å².